The Labute approximate surface area is 147 Å². The minimum atomic E-state index is -4.49. The molecule has 1 N–H and O–H groups in total. The number of anilines is 1. The Bertz CT molecular complexity index is 715. The Balaban J connectivity index is 1.91. The van der Waals surface area contributed by atoms with Gasteiger partial charge in [0.15, 0.2) is 0 Å². The highest BCUT2D eigenvalue weighted by atomic mass is 35.5. The average Bonchev–Trinajstić information content (AvgIpc) is 2.50. The third-order valence-corrected chi connectivity index (χ3v) is 3.93. The van der Waals surface area contributed by atoms with Crippen molar-refractivity contribution in [3.8, 4) is 0 Å². The first-order valence-electron chi connectivity index (χ1n) is 7.17. The lowest BCUT2D eigenvalue weighted by atomic mass is 10.1. The van der Waals surface area contributed by atoms with Gasteiger partial charge in [-0.3, -0.25) is 4.79 Å². The van der Waals surface area contributed by atoms with Gasteiger partial charge in [0.25, 0.3) is 0 Å². The topological polar surface area (TPSA) is 29.1 Å². The molecule has 2 aromatic rings. The summed E-state index contributed by atoms with van der Waals surface area (Å²) >= 11 is 11.6. The molecular weight excluding hydrogens is 362 g/mol. The zero-order chi connectivity index (χ0) is 17.7. The Kier molecular flexibility index (Phi) is 6.13. The van der Waals surface area contributed by atoms with E-state index in [-0.39, 0.29) is 23.0 Å². The second kappa shape index (κ2) is 7.90. The number of hydrogen-bond donors (Lipinski definition) is 1. The summed E-state index contributed by atoms with van der Waals surface area (Å²) in [5.74, 6) is -0.384. The lowest BCUT2D eigenvalue weighted by Gasteiger charge is -2.11. The first-order chi connectivity index (χ1) is 11.3. The number of hydrogen-bond acceptors (Lipinski definition) is 1. The fourth-order valence-corrected chi connectivity index (χ4v) is 2.41. The number of amides is 1. The fraction of sp³-hybridized carbons (Fsp3) is 0.235. The highest BCUT2D eigenvalue weighted by molar-refractivity contribution is 6.33. The molecule has 0 aliphatic heterocycles. The van der Waals surface area contributed by atoms with Crippen LogP contribution in [-0.2, 0) is 17.4 Å². The summed E-state index contributed by atoms with van der Waals surface area (Å²) in [6.45, 7) is 0. The molecule has 0 aliphatic rings. The first-order valence-corrected chi connectivity index (χ1v) is 7.92. The molecule has 7 heteroatoms. The van der Waals surface area contributed by atoms with E-state index >= 15 is 0 Å². The minimum Gasteiger partial charge on any atom is -0.325 e. The molecule has 2 rings (SSSR count). The van der Waals surface area contributed by atoms with Crippen LogP contribution in [-0.4, -0.2) is 5.91 Å². The maximum Gasteiger partial charge on any atom is 0.416 e. The monoisotopic (exact) mass is 375 g/mol. The van der Waals surface area contributed by atoms with Crippen molar-refractivity contribution in [1.82, 2.24) is 0 Å². The number of carbonyl (C=O) groups excluding carboxylic acids is 1. The first kappa shape index (κ1) is 18.6. The van der Waals surface area contributed by atoms with E-state index in [4.69, 9.17) is 23.2 Å². The molecule has 24 heavy (non-hydrogen) atoms. The lowest BCUT2D eigenvalue weighted by Crippen LogP contribution is -2.13. The molecule has 2 aromatic carbocycles. The number of aryl methyl sites for hydroxylation is 1. The standard InChI is InChI=1S/C17H14Cl2F3NO/c18-13-7-4-11(5-8-13)2-1-3-16(24)23-15-10-12(17(20,21)22)6-9-14(15)19/h4-10H,1-3H2,(H,23,24). The summed E-state index contributed by atoms with van der Waals surface area (Å²) in [6, 6.07) is 10.1. The lowest BCUT2D eigenvalue weighted by molar-refractivity contribution is -0.137. The molecule has 0 fully saturated rings. The molecule has 0 aromatic heterocycles. The smallest absolute Gasteiger partial charge is 0.325 e. The molecule has 1 amide bonds. The summed E-state index contributed by atoms with van der Waals surface area (Å²) in [7, 11) is 0. The van der Waals surface area contributed by atoms with E-state index in [0.717, 1.165) is 23.8 Å². The van der Waals surface area contributed by atoms with Crippen LogP contribution >= 0.6 is 23.2 Å². The van der Waals surface area contributed by atoms with E-state index in [2.05, 4.69) is 5.32 Å². The Morgan fingerprint density at radius 1 is 1.04 bits per heavy atom. The molecule has 0 radical (unpaired) electrons. The number of halogens is 5. The molecule has 0 atom stereocenters. The van der Waals surface area contributed by atoms with Crippen LogP contribution in [0.1, 0.15) is 24.0 Å². The second-order valence-electron chi connectivity index (χ2n) is 5.22. The van der Waals surface area contributed by atoms with Gasteiger partial charge >= 0.3 is 6.18 Å². The van der Waals surface area contributed by atoms with E-state index in [0.29, 0.717) is 17.9 Å². The largest absolute Gasteiger partial charge is 0.416 e. The van der Waals surface area contributed by atoms with E-state index in [1.54, 1.807) is 12.1 Å². The molecule has 0 aliphatic carbocycles. The van der Waals surface area contributed by atoms with Crippen molar-refractivity contribution in [3.05, 3.63) is 63.6 Å². The SMILES string of the molecule is O=C(CCCc1ccc(Cl)cc1)Nc1cc(C(F)(F)F)ccc1Cl. The third-order valence-electron chi connectivity index (χ3n) is 3.35. The van der Waals surface area contributed by atoms with Crippen LogP contribution < -0.4 is 5.32 Å². The third kappa shape index (κ3) is 5.42. The van der Waals surface area contributed by atoms with Crippen molar-refractivity contribution < 1.29 is 18.0 Å². The fourth-order valence-electron chi connectivity index (χ4n) is 2.11. The van der Waals surface area contributed by atoms with Crippen molar-refractivity contribution in [1.29, 1.82) is 0 Å². The van der Waals surface area contributed by atoms with Crippen molar-refractivity contribution in [2.75, 3.05) is 5.32 Å². The van der Waals surface area contributed by atoms with Crippen molar-refractivity contribution in [3.63, 3.8) is 0 Å². The molecule has 0 unspecified atom stereocenters. The number of benzene rings is 2. The molecule has 0 saturated heterocycles. The molecule has 0 bridgehead atoms. The van der Waals surface area contributed by atoms with Crippen molar-refractivity contribution in [2.45, 2.75) is 25.4 Å². The maximum atomic E-state index is 12.7. The van der Waals surface area contributed by atoms with Crippen LogP contribution in [0.3, 0.4) is 0 Å². The van der Waals surface area contributed by atoms with Gasteiger partial charge in [-0.1, -0.05) is 35.3 Å². The van der Waals surface area contributed by atoms with Gasteiger partial charge in [0.1, 0.15) is 0 Å². The highest BCUT2D eigenvalue weighted by Gasteiger charge is 2.31. The van der Waals surface area contributed by atoms with Crippen LogP contribution in [0, 0.1) is 0 Å². The zero-order valence-corrected chi connectivity index (χ0v) is 14.0. The van der Waals surface area contributed by atoms with Crippen molar-refractivity contribution >= 4 is 34.8 Å². The molecule has 0 heterocycles. The molecule has 128 valence electrons. The van der Waals surface area contributed by atoms with Crippen LogP contribution in [0.2, 0.25) is 10.0 Å². The predicted molar refractivity (Wildman–Crippen MR) is 89.5 cm³/mol. The van der Waals surface area contributed by atoms with Gasteiger partial charge in [-0.25, -0.2) is 0 Å². The van der Waals surface area contributed by atoms with Gasteiger partial charge in [0, 0.05) is 11.4 Å². The number of alkyl halides is 3. The summed E-state index contributed by atoms with van der Waals surface area (Å²) in [5, 5.41) is 3.12. The molecule has 0 saturated carbocycles. The summed E-state index contributed by atoms with van der Waals surface area (Å²) in [5.41, 5.74) is 0.135. The van der Waals surface area contributed by atoms with E-state index in [1.165, 1.54) is 0 Å². The maximum absolute atomic E-state index is 12.7. The van der Waals surface area contributed by atoms with Gasteiger partial charge in [0.2, 0.25) is 5.91 Å². The zero-order valence-electron chi connectivity index (χ0n) is 12.5. The van der Waals surface area contributed by atoms with Gasteiger partial charge in [-0.2, -0.15) is 13.2 Å². The molecular formula is C17H14Cl2F3NO. The molecule has 0 spiro atoms. The van der Waals surface area contributed by atoms with Gasteiger partial charge < -0.3 is 5.32 Å². The van der Waals surface area contributed by atoms with Crippen LogP contribution in [0.5, 0.6) is 0 Å². The van der Waals surface area contributed by atoms with Crippen LogP contribution in [0.15, 0.2) is 42.5 Å². The summed E-state index contributed by atoms with van der Waals surface area (Å²) < 4.78 is 38.1. The summed E-state index contributed by atoms with van der Waals surface area (Å²) in [4.78, 5) is 11.9. The van der Waals surface area contributed by atoms with Crippen LogP contribution in [0.25, 0.3) is 0 Å². The van der Waals surface area contributed by atoms with E-state index < -0.39 is 11.7 Å². The average molecular weight is 376 g/mol. The number of carbonyl (C=O) groups is 1. The van der Waals surface area contributed by atoms with Gasteiger partial charge in [-0.15, -0.1) is 0 Å². The Morgan fingerprint density at radius 2 is 1.71 bits per heavy atom. The minimum absolute atomic E-state index is 0.0389. The molecule has 2 nitrogen and oxygen atoms in total. The quantitative estimate of drug-likeness (QED) is 0.684. The normalized spacial score (nSPS) is 11.4. The Morgan fingerprint density at radius 3 is 2.33 bits per heavy atom. The predicted octanol–water partition coefficient (Wildman–Crippen LogP) is 5.97. The van der Waals surface area contributed by atoms with Gasteiger partial charge in [0.05, 0.1) is 16.3 Å². The number of nitrogens with one attached hydrogen (secondary N) is 1. The van der Waals surface area contributed by atoms with E-state index in [9.17, 15) is 18.0 Å². The number of rotatable bonds is 5. The van der Waals surface area contributed by atoms with Crippen LogP contribution in [0.4, 0.5) is 18.9 Å². The Hall–Kier alpha value is -1.72. The highest BCUT2D eigenvalue weighted by Crippen LogP contribution is 2.33. The second-order valence-corrected chi connectivity index (χ2v) is 6.06. The van der Waals surface area contributed by atoms with E-state index in [1.807, 2.05) is 12.1 Å². The summed E-state index contributed by atoms with van der Waals surface area (Å²) in [6.07, 6.45) is -3.08. The van der Waals surface area contributed by atoms with Crippen molar-refractivity contribution in [2.24, 2.45) is 0 Å². The van der Waals surface area contributed by atoms with Gasteiger partial charge in [-0.05, 0) is 48.7 Å².